The molecular formula is C3H9N3O2. The largest absolute Gasteiger partial charge is 0.372 e. The molecule has 0 atom stereocenters. The molecule has 5 heteroatoms. The number of carbonyl (C=O) groups is 1. The van der Waals surface area contributed by atoms with Crippen molar-refractivity contribution >= 4 is 5.97 Å². The van der Waals surface area contributed by atoms with Crippen LogP contribution in [0, 0.1) is 0 Å². The van der Waals surface area contributed by atoms with Gasteiger partial charge in [-0.15, -0.1) is 0 Å². The molecule has 0 saturated carbocycles. The maximum absolute atomic E-state index is 10.2. The summed E-state index contributed by atoms with van der Waals surface area (Å²) in [6.45, 7) is 0.0104. The highest BCUT2D eigenvalue weighted by Gasteiger charge is 2.00. The highest BCUT2D eigenvalue weighted by molar-refractivity contribution is 5.71. The van der Waals surface area contributed by atoms with Crippen molar-refractivity contribution in [3.8, 4) is 0 Å². The Kier molecular flexibility index (Phi) is 3.09. The molecule has 0 heterocycles. The molecule has 0 aliphatic heterocycles. The second-order valence-electron chi connectivity index (χ2n) is 1.40. The molecule has 0 aromatic heterocycles. The Hall–Kier alpha value is -0.650. The summed E-state index contributed by atoms with van der Waals surface area (Å²) < 4.78 is 0. The Balaban J connectivity index is 3.25. The van der Waals surface area contributed by atoms with E-state index in [4.69, 9.17) is 5.84 Å². The van der Waals surface area contributed by atoms with Gasteiger partial charge in [-0.05, 0) is 0 Å². The minimum absolute atomic E-state index is 0.0104. The van der Waals surface area contributed by atoms with Crippen LogP contribution in [0.1, 0.15) is 0 Å². The van der Waals surface area contributed by atoms with E-state index >= 15 is 0 Å². The van der Waals surface area contributed by atoms with Gasteiger partial charge in [-0.2, -0.15) is 5.90 Å². The summed E-state index contributed by atoms with van der Waals surface area (Å²) in [6.07, 6.45) is 0. The fourth-order valence-corrected chi connectivity index (χ4v) is 0.241. The number of carbonyl (C=O) groups excluding carboxylic acids is 1. The summed E-state index contributed by atoms with van der Waals surface area (Å²) >= 11 is 0. The van der Waals surface area contributed by atoms with Crippen LogP contribution in [0.3, 0.4) is 0 Å². The predicted octanol–water partition coefficient (Wildman–Crippen LogP) is -1.79. The van der Waals surface area contributed by atoms with Crippen LogP contribution in [0.25, 0.3) is 0 Å². The smallest absolute Gasteiger partial charge is 0.340 e. The van der Waals surface area contributed by atoms with Crippen LogP contribution in [-0.2, 0) is 9.63 Å². The van der Waals surface area contributed by atoms with Gasteiger partial charge in [-0.3, -0.25) is 5.84 Å². The third kappa shape index (κ3) is 3.54. The summed E-state index contributed by atoms with van der Waals surface area (Å²) in [5.41, 5.74) is 0. The Bertz CT molecular complexity index is 82.6. The highest BCUT2D eigenvalue weighted by atomic mass is 16.7. The second kappa shape index (κ2) is 3.36. The molecule has 0 bridgehead atoms. The first kappa shape index (κ1) is 7.35. The number of hydrogen-bond donors (Lipinski definition) is 2. The monoisotopic (exact) mass is 119 g/mol. The minimum Gasteiger partial charge on any atom is -0.372 e. The Morgan fingerprint density at radius 1 is 1.88 bits per heavy atom. The number of hydrogen-bond acceptors (Lipinski definition) is 5. The van der Waals surface area contributed by atoms with Crippen molar-refractivity contribution < 1.29 is 9.63 Å². The van der Waals surface area contributed by atoms with Gasteiger partial charge >= 0.3 is 5.97 Å². The van der Waals surface area contributed by atoms with Crippen molar-refractivity contribution in [3.05, 3.63) is 0 Å². The normalized spacial score (nSPS) is 9.50. The van der Waals surface area contributed by atoms with Crippen LogP contribution in [0.2, 0.25) is 0 Å². The lowest BCUT2D eigenvalue weighted by Crippen LogP contribution is -2.33. The molecule has 0 fully saturated rings. The van der Waals surface area contributed by atoms with Gasteiger partial charge in [0, 0.05) is 7.05 Å². The molecule has 0 aromatic rings. The topological polar surface area (TPSA) is 81.6 Å². The highest BCUT2D eigenvalue weighted by Crippen LogP contribution is 1.70. The molecule has 0 spiro atoms. The quantitative estimate of drug-likeness (QED) is 0.331. The molecule has 0 aliphatic carbocycles. The lowest BCUT2D eigenvalue weighted by atomic mass is 10.6. The van der Waals surface area contributed by atoms with Crippen LogP contribution in [-0.4, -0.2) is 24.6 Å². The zero-order chi connectivity index (χ0) is 6.57. The first-order valence-electron chi connectivity index (χ1n) is 2.02. The fourth-order valence-electron chi connectivity index (χ4n) is 0.241. The molecule has 4 N–H and O–H groups in total. The van der Waals surface area contributed by atoms with Crippen LogP contribution >= 0.6 is 0 Å². The van der Waals surface area contributed by atoms with Gasteiger partial charge in [-0.25, -0.2) is 9.80 Å². The molecule has 48 valence electrons. The third-order valence-corrected chi connectivity index (χ3v) is 0.510. The average molecular weight is 119 g/mol. The zero-order valence-electron chi connectivity index (χ0n) is 4.63. The summed E-state index contributed by atoms with van der Waals surface area (Å²) in [4.78, 5) is 14.0. The molecule has 8 heavy (non-hydrogen) atoms. The fraction of sp³-hybridized carbons (Fsp3) is 0.667. The summed E-state index contributed by atoms with van der Waals surface area (Å²) in [7, 11) is 1.54. The first-order valence-corrected chi connectivity index (χ1v) is 2.02. The molecule has 0 aliphatic rings. The van der Waals surface area contributed by atoms with Crippen LogP contribution in [0.15, 0.2) is 0 Å². The van der Waals surface area contributed by atoms with E-state index in [0.29, 0.717) is 0 Å². The van der Waals surface area contributed by atoms with Crippen molar-refractivity contribution in [2.45, 2.75) is 0 Å². The van der Waals surface area contributed by atoms with Crippen LogP contribution in [0.5, 0.6) is 0 Å². The van der Waals surface area contributed by atoms with Crippen molar-refractivity contribution in [3.63, 3.8) is 0 Å². The van der Waals surface area contributed by atoms with E-state index in [-0.39, 0.29) is 6.54 Å². The summed E-state index contributed by atoms with van der Waals surface area (Å²) in [5.74, 6) is 8.99. The SMILES string of the molecule is CN(N)CC(=O)ON. The number of nitrogens with zero attached hydrogens (tertiary/aromatic N) is 1. The van der Waals surface area contributed by atoms with E-state index in [1.165, 1.54) is 12.1 Å². The lowest BCUT2D eigenvalue weighted by Gasteiger charge is -2.04. The van der Waals surface area contributed by atoms with E-state index in [0.717, 1.165) is 0 Å². The van der Waals surface area contributed by atoms with Gasteiger partial charge in [0.05, 0.1) is 0 Å². The number of nitrogens with two attached hydrogens (primary N) is 2. The van der Waals surface area contributed by atoms with E-state index in [2.05, 4.69) is 10.7 Å². The van der Waals surface area contributed by atoms with Gasteiger partial charge in [0.15, 0.2) is 0 Å². The van der Waals surface area contributed by atoms with Gasteiger partial charge in [0.2, 0.25) is 0 Å². The third-order valence-electron chi connectivity index (χ3n) is 0.510. The van der Waals surface area contributed by atoms with Crippen LogP contribution in [0.4, 0.5) is 0 Å². The Labute approximate surface area is 47.1 Å². The van der Waals surface area contributed by atoms with Gasteiger partial charge in [0.25, 0.3) is 0 Å². The molecule has 0 amide bonds. The Morgan fingerprint density at radius 3 is 2.50 bits per heavy atom. The molecule has 0 rings (SSSR count). The summed E-state index contributed by atoms with van der Waals surface area (Å²) in [5, 5.41) is 1.18. The maximum atomic E-state index is 10.2. The number of likely N-dealkylation sites (N-methyl/N-ethyl adjacent to an activating group) is 1. The van der Waals surface area contributed by atoms with E-state index < -0.39 is 5.97 Å². The van der Waals surface area contributed by atoms with Crippen molar-refractivity contribution in [2.75, 3.05) is 13.6 Å². The van der Waals surface area contributed by atoms with E-state index in [9.17, 15) is 4.79 Å². The van der Waals surface area contributed by atoms with Gasteiger partial charge in [-0.1, -0.05) is 0 Å². The Morgan fingerprint density at radius 2 is 2.38 bits per heavy atom. The average Bonchev–Trinajstić information content (AvgIpc) is 1.65. The van der Waals surface area contributed by atoms with E-state index in [1.807, 2.05) is 0 Å². The maximum Gasteiger partial charge on any atom is 0.340 e. The van der Waals surface area contributed by atoms with Crippen molar-refractivity contribution in [1.29, 1.82) is 0 Å². The van der Waals surface area contributed by atoms with Crippen LogP contribution < -0.4 is 11.7 Å². The van der Waals surface area contributed by atoms with Gasteiger partial charge in [0.1, 0.15) is 6.54 Å². The number of hydrazine groups is 1. The molecule has 0 aromatic carbocycles. The predicted molar refractivity (Wildman–Crippen MR) is 27.1 cm³/mol. The minimum atomic E-state index is -0.546. The summed E-state index contributed by atoms with van der Waals surface area (Å²) in [6, 6.07) is 0. The number of rotatable bonds is 2. The standard InChI is InChI=1S/C3H9N3O2/c1-6(4)2-3(7)8-5/h2,4-5H2,1H3. The van der Waals surface area contributed by atoms with E-state index in [1.54, 1.807) is 0 Å². The van der Waals surface area contributed by atoms with Crippen molar-refractivity contribution in [2.24, 2.45) is 11.7 Å². The molecule has 0 radical (unpaired) electrons. The molecular weight excluding hydrogens is 110 g/mol. The molecule has 0 saturated heterocycles. The first-order chi connectivity index (χ1) is 3.66. The zero-order valence-corrected chi connectivity index (χ0v) is 4.63. The van der Waals surface area contributed by atoms with Gasteiger partial charge < -0.3 is 4.84 Å². The lowest BCUT2D eigenvalue weighted by molar-refractivity contribution is -0.145. The molecule has 0 unspecified atom stereocenters. The second-order valence-corrected chi connectivity index (χ2v) is 1.40. The molecule has 5 nitrogen and oxygen atoms in total. The van der Waals surface area contributed by atoms with Crippen molar-refractivity contribution in [1.82, 2.24) is 5.01 Å².